The predicted octanol–water partition coefficient (Wildman–Crippen LogP) is 3.08. The minimum absolute atomic E-state index is 0.0591. The first-order valence-corrected chi connectivity index (χ1v) is 7.01. The summed E-state index contributed by atoms with van der Waals surface area (Å²) in [4.78, 5) is 14.5. The molecule has 3 rings (SSSR count). The molecule has 0 fully saturated rings. The predicted molar refractivity (Wildman–Crippen MR) is 80.8 cm³/mol. The maximum absolute atomic E-state index is 12.8. The first-order chi connectivity index (χ1) is 10.1. The van der Waals surface area contributed by atoms with Crippen LogP contribution in [0, 0.1) is 0 Å². The molecule has 0 radical (unpaired) electrons. The highest BCUT2D eigenvalue weighted by atomic mass is 16.3. The van der Waals surface area contributed by atoms with Gasteiger partial charge < -0.3 is 15.1 Å². The van der Waals surface area contributed by atoms with Crippen LogP contribution in [0.15, 0.2) is 42.5 Å². The second-order valence-corrected chi connectivity index (χ2v) is 5.39. The molecule has 0 bridgehead atoms. The summed E-state index contributed by atoms with van der Waals surface area (Å²) in [6.45, 7) is 2.01. The second kappa shape index (κ2) is 5.13. The number of aromatic hydroxyl groups is 2. The number of aryl methyl sites for hydroxylation is 1. The molecule has 108 valence electrons. The Morgan fingerprint density at radius 2 is 1.95 bits per heavy atom. The first kappa shape index (κ1) is 13.5. The molecule has 0 saturated heterocycles. The fourth-order valence-electron chi connectivity index (χ4n) is 2.83. The molecule has 0 saturated carbocycles. The lowest BCUT2D eigenvalue weighted by molar-refractivity contribution is 0.0972. The molecule has 2 aromatic rings. The average Bonchev–Trinajstić information content (AvgIpc) is 2.46. The molecule has 1 aliphatic rings. The van der Waals surface area contributed by atoms with Gasteiger partial charge in [-0.15, -0.1) is 0 Å². The number of hydrogen-bond acceptors (Lipinski definition) is 3. The zero-order valence-corrected chi connectivity index (χ0v) is 11.8. The zero-order valence-electron chi connectivity index (χ0n) is 11.8. The monoisotopic (exact) mass is 283 g/mol. The van der Waals surface area contributed by atoms with Crippen LogP contribution < -0.4 is 4.90 Å². The van der Waals surface area contributed by atoms with Crippen molar-refractivity contribution in [2.75, 3.05) is 4.90 Å². The SMILES string of the molecule is C[C@@H]1CCc2ccccc2N1C(=O)c1ccc(O)cc1O. The molecule has 0 aromatic heterocycles. The summed E-state index contributed by atoms with van der Waals surface area (Å²) in [5.41, 5.74) is 2.24. The molecule has 0 unspecified atom stereocenters. The lowest BCUT2D eigenvalue weighted by Crippen LogP contribution is -2.42. The Morgan fingerprint density at radius 3 is 2.71 bits per heavy atom. The number of anilines is 1. The van der Waals surface area contributed by atoms with Gasteiger partial charge in [-0.05, 0) is 43.5 Å². The van der Waals surface area contributed by atoms with E-state index in [1.54, 1.807) is 4.90 Å². The number of phenolic OH excluding ortho intramolecular Hbond substituents is 2. The molecule has 2 aromatic carbocycles. The number of rotatable bonds is 1. The first-order valence-electron chi connectivity index (χ1n) is 7.01. The molecule has 4 heteroatoms. The minimum atomic E-state index is -0.243. The Morgan fingerprint density at radius 1 is 1.19 bits per heavy atom. The van der Waals surface area contributed by atoms with E-state index in [1.807, 2.05) is 31.2 Å². The number of fused-ring (bicyclic) bond motifs is 1. The van der Waals surface area contributed by atoms with Crippen molar-refractivity contribution >= 4 is 11.6 Å². The van der Waals surface area contributed by atoms with Gasteiger partial charge in [-0.3, -0.25) is 4.79 Å². The number of phenols is 2. The van der Waals surface area contributed by atoms with Crippen LogP contribution in [-0.2, 0) is 6.42 Å². The van der Waals surface area contributed by atoms with Gasteiger partial charge in [-0.2, -0.15) is 0 Å². The minimum Gasteiger partial charge on any atom is -0.508 e. The Kier molecular flexibility index (Phi) is 3.29. The third-order valence-electron chi connectivity index (χ3n) is 3.95. The summed E-state index contributed by atoms with van der Waals surface area (Å²) >= 11 is 0. The van der Waals surface area contributed by atoms with Gasteiger partial charge in [0, 0.05) is 17.8 Å². The van der Waals surface area contributed by atoms with E-state index in [1.165, 1.54) is 18.2 Å². The Balaban J connectivity index is 2.05. The Labute approximate surface area is 123 Å². The average molecular weight is 283 g/mol. The number of hydrogen-bond donors (Lipinski definition) is 2. The highest BCUT2D eigenvalue weighted by Gasteiger charge is 2.29. The molecule has 4 nitrogen and oxygen atoms in total. The summed E-state index contributed by atoms with van der Waals surface area (Å²) in [5.74, 6) is -0.501. The molecular weight excluding hydrogens is 266 g/mol. The molecule has 0 spiro atoms. The number of para-hydroxylation sites is 1. The van der Waals surface area contributed by atoms with Crippen LogP contribution >= 0.6 is 0 Å². The van der Waals surface area contributed by atoms with Crippen molar-refractivity contribution in [1.82, 2.24) is 0 Å². The summed E-state index contributed by atoms with van der Waals surface area (Å²) in [5, 5.41) is 19.3. The van der Waals surface area contributed by atoms with Crippen LogP contribution in [0.1, 0.15) is 29.3 Å². The van der Waals surface area contributed by atoms with E-state index in [9.17, 15) is 15.0 Å². The van der Waals surface area contributed by atoms with Crippen LogP contribution in [0.4, 0.5) is 5.69 Å². The molecule has 2 N–H and O–H groups in total. The van der Waals surface area contributed by atoms with Gasteiger partial charge in [0.1, 0.15) is 11.5 Å². The Bertz CT molecular complexity index is 696. The molecule has 21 heavy (non-hydrogen) atoms. The number of carbonyl (C=O) groups excluding carboxylic acids is 1. The number of benzene rings is 2. The van der Waals surface area contributed by atoms with Gasteiger partial charge in [-0.25, -0.2) is 0 Å². The zero-order chi connectivity index (χ0) is 15.0. The normalized spacial score (nSPS) is 17.4. The fraction of sp³-hybridized carbons (Fsp3) is 0.235. The lowest BCUT2D eigenvalue weighted by Gasteiger charge is -2.35. The molecule has 1 heterocycles. The van der Waals surface area contributed by atoms with Crippen molar-refractivity contribution in [1.29, 1.82) is 0 Å². The van der Waals surface area contributed by atoms with E-state index in [4.69, 9.17) is 0 Å². The third-order valence-corrected chi connectivity index (χ3v) is 3.95. The van der Waals surface area contributed by atoms with Crippen LogP contribution in [0.25, 0.3) is 0 Å². The van der Waals surface area contributed by atoms with Crippen LogP contribution in [-0.4, -0.2) is 22.2 Å². The van der Waals surface area contributed by atoms with Crippen LogP contribution in [0.5, 0.6) is 11.5 Å². The lowest BCUT2D eigenvalue weighted by atomic mass is 9.95. The maximum Gasteiger partial charge on any atom is 0.262 e. The van der Waals surface area contributed by atoms with Gasteiger partial charge in [0.25, 0.3) is 5.91 Å². The van der Waals surface area contributed by atoms with E-state index in [0.29, 0.717) is 0 Å². The molecule has 1 aliphatic heterocycles. The van der Waals surface area contributed by atoms with Crippen molar-refractivity contribution in [3.8, 4) is 11.5 Å². The van der Waals surface area contributed by atoms with Crippen molar-refractivity contribution in [2.24, 2.45) is 0 Å². The number of amides is 1. The molecule has 0 aliphatic carbocycles. The highest BCUT2D eigenvalue weighted by molar-refractivity contribution is 6.08. The van der Waals surface area contributed by atoms with Crippen LogP contribution in [0.3, 0.4) is 0 Å². The largest absolute Gasteiger partial charge is 0.508 e. The van der Waals surface area contributed by atoms with E-state index < -0.39 is 0 Å². The summed E-state index contributed by atoms with van der Waals surface area (Å²) in [6.07, 6.45) is 1.84. The number of carbonyl (C=O) groups is 1. The summed E-state index contributed by atoms with van der Waals surface area (Å²) in [7, 11) is 0. The molecule has 1 amide bonds. The van der Waals surface area contributed by atoms with E-state index in [-0.39, 0.29) is 29.0 Å². The third kappa shape index (κ3) is 2.33. The van der Waals surface area contributed by atoms with Gasteiger partial charge >= 0.3 is 0 Å². The Hall–Kier alpha value is -2.49. The standard InChI is InChI=1S/C17H17NO3/c1-11-6-7-12-4-2-3-5-15(12)18(11)17(21)14-9-8-13(19)10-16(14)20/h2-5,8-11,19-20H,6-7H2,1H3/t11-/m1/s1. The van der Waals surface area contributed by atoms with Crippen molar-refractivity contribution in [3.63, 3.8) is 0 Å². The van der Waals surface area contributed by atoms with E-state index >= 15 is 0 Å². The van der Waals surface area contributed by atoms with Gasteiger partial charge in [-0.1, -0.05) is 18.2 Å². The molecular formula is C17H17NO3. The van der Waals surface area contributed by atoms with Crippen molar-refractivity contribution in [3.05, 3.63) is 53.6 Å². The quantitative estimate of drug-likeness (QED) is 0.845. The summed E-state index contributed by atoms with van der Waals surface area (Å²) in [6, 6.07) is 12.0. The van der Waals surface area contributed by atoms with Gasteiger partial charge in [0.15, 0.2) is 0 Å². The van der Waals surface area contributed by atoms with Crippen LogP contribution in [0.2, 0.25) is 0 Å². The van der Waals surface area contributed by atoms with Gasteiger partial charge in [0.2, 0.25) is 0 Å². The summed E-state index contributed by atoms with van der Waals surface area (Å²) < 4.78 is 0. The topological polar surface area (TPSA) is 60.8 Å². The molecule has 1 atom stereocenters. The van der Waals surface area contributed by atoms with Gasteiger partial charge in [0.05, 0.1) is 5.56 Å². The number of nitrogens with zero attached hydrogens (tertiary/aromatic N) is 1. The van der Waals surface area contributed by atoms with Crippen molar-refractivity contribution < 1.29 is 15.0 Å². The van der Waals surface area contributed by atoms with E-state index in [2.05, 4.69) is 0 Å². The fourth-order valence-corrected chi connectivity index (χ4v) is 2.83. The smallest absolute Gasteiger partial charge is 0.262 e. The highest BCUT2D eigenvalue weighted by Crippen LogP contribution is 2.33. The van der Waals surface area contributed by atoms with Crippen molar-refractivity contribution in [2.45, 2.75) is 25.8 Å². The maximum atomic E-state index is 12.8. The van der Waals surface area contributed by atoms with E-state index in [0.717, 1.165) is 24.1 Å². The second-order valence-electron chi connectivity index (χ2n) is 5.39.